The van der Waals surface area contributed by atoms with Gasteiger partial charge >= 0.3 is 0 Å². The topological polar surface area (TPSA) is 23.8 Å². The number of nitriles is 1. The number of nitrogens with zero attached hydrogens (tertiary/aromatic N) is 1. The molecule has 0 N–H and O–H groups in total. The molecule has 0 saturated carbocycles. The van der Waals surface area contributed by atoms with Gasteiger partial charge < -0.3 is 0 Å². The Morgan fingerprint density at radius 2 is 2.00 bits per heavy atom. The van der Waals surface area contributed by atoms with Crippen LogP contribution in [-0.2, 0) is 0 Å². The van der Waals surface area contributed by atoms with Gasteiger partial charge in [-0.2, -0.15) is 14.0 Å². The Labute approximate surface area is 52.8 Å². The lowest BCUT2D eigenvalue weighted by atomic mass is 10.7. The predicted molar refractivity (Wildman–Crippen MR) is 28.9 cm³/mol. The summed E-state index contributed by atoms with van der Waals surface area (Å²) in [4.78, 5) is 0. The number of hydrogen-bond acceptors (Lipinski definition) is 1. The highest BCUT2D eigenvalue weighted by atomic mass is 127. The first kappa shape index (κ1) is 6.82. The monoisotopic (exact) mass is 215 g/mol. The van der Waals surface area contributed by atoms with E-state index >= 15 is 0 Å². The van der Waals surface area contributed by atoms with Gasteiger partial charge in [-0.05, 0) is 22.6 Å². The quantitative estimate of drug-likeness (QED) is 0.448. The fourth-order valence-electron chi connectivity index (χ4n) is 0.0423. The predicted octanol–water partition coefficient (Wildman–Crippen LogP) is 2.05. The van der Waals surface area contributed by atoms with Gasteiger partial charge in [-0.1, -0.05) is 0 Å². The van der Waals surface area contributed by atoms with Crippen molar-refractivity contribution in [3.8, 4) is 6.07 Å². The first-order valence-corrected chi connectivity index (χ1v) is 2.37. The minimum Gasteiger partial charge on any atom is -0.196 e. The maximum absolute atomic E-state index is 11.4. The van der Waals surface area contributed by atoms with Crippen molar-refractivity contribution in [3.05, 3.63) is 9.66 Å². The average Bonchev–Trinajstić information content (AvgIpc) is 1.65. The first-order chi connectivity index (χ1) is 3.18. The van der Waals surface area contributed by atoms with E-state index in [2.05, 4.69) is 0 Å². The van der Waals surface area contributed by atoms with E-state index in [1.165, 1.54) is 0 Å². The third-order valence-electron chi connectivity index (χ3n) is 0.264. The van der Waals surface area contributed by atoms with Crippen LogP contribution >= 0.6 is 22.6 Å². The van der Waals surface area contributed by atoms with Gasteiger partial charge in [0.1, 0.15) is 6.07 Å². The second kappa shape index (κ2) is 2.91. The molecular weight excluding hydrogens is 215 g/mol. The second-order valence-corrected chi connectivity index (χ2v) is 1.63. The van der Waals surface area contributed by atoms with Crippen LogP contribution in [0.25, 0.3) is 0 Å². The van der Waals surface area contributed by atoms with Crippen molar-refractivity contribution < 1.29 is 8.78 Å². The first-order valence-electron chi connectivity index (χ1n) is 1.29. The molecule has 0 radical (unpaired) electrons. The number of halogens is 3. The van der Waals surface area contributed by atoms with Crippen LogP contribution in [0.5, 0.6) is 0 Å². The molecule has 0 aromatic heterocycles. The lowest BCUT2D eigenvalue weighted by molar-refractivity contribution is 0.604. The molecule has 1 nitrogen and oxygen atoms in total. The molecule has 0 aliphatic rings. The Morgan fingerprint density at radius 1 is 1.57 bits per heavy atom. The smallest absolute Gasteiger partial charge is 0.196 e. The summed E-state index contributed by atoms with van der Waals surface area (Å²) in [6, 6.07) is 0.995. The molecule has 0 rings (SSSR count). The van der Waals surface area contributed by atoms with Gasteiger partial charge in [0.2, 0.25) is 9.66 Å². The van der Waals surface area contributed by atoms with E-state index in [1.807, 2.05) is 0 Å². The Kier molecular flexibility index (Phi) is 2.83. The summed E-state index contributed by atoms with van der Waals surface area (Å²) in [6.07, 6.45) is 0. The molecule has 0 heterocycles. The zero-order valence-corrected chi connectivity index (χ0v) is 5.24. The van der Waals surface area contributed by atoms with E-state index in [-0.39, 0.29) is 0 Å². The zero-order chi connectivity index (χ0) is 5.86. The van der Waals surface area contributed by atoms with Crippen LogP contribution < -0.4 is 0 Å². The van der Waals surface area contributed by atoms with Gasteiger partial charge in [0, 0.05) is 0 Å². The lowest BCUT2D eigenvalue weighted by Gasteiger charge is -1.73. The summed E-state index contributed by atoms with van der Waals surface area (Å²) in [5, 5.41) is 7.58. The molecule has 38 valence electrons. The van der Waals surface area contributed by atoms with E-state index in [1.54, 1.807) is 0 Å². The third-order valence-corrected chi connectivity index (χ3v) is 0.738. The fraction of sp³-hybridized carbons (Fsp3) is 0. The zero-order valence-electron chi connectivity index (χ0n) is 3.08. The van der Waals surface area contributed by atoms with Crippen LogP contribution in [0.4, 0.5) is 8.78 Å². The summed E-state index contributed by atoms with van der Waals surface area (Å²) >= 11 is 1.08. The van der Waals surface area contributed by atoms with Gasteiger partial charge in [0.15, 0.2) is 0 Å². The maximum atomic E-state index is 11.4. The van der Waals surface area contributed by atoms with E-state index in [4.69, 9.17) is 5.26 Å². The molecule has 0 amide bonds. The second-order valence-electron chi connectivity index (χ2n) is 0.686. The Bertz CT molecular complexity index is 130. The molecule has 7 heavy (non-hydrogen) atoms. The molecule has 0 bridgehead atoms. The SMILES string of the molecule is N#CC(F)=C(F)I. The van der Waals surface area contributed by atoms with Gasteiger partial charge in [0.25, 0.3) is 0 Å². The van der Waals surface area contributed by atoms with Crippen molar-refractivity contribution in [1.82, 2.24) is 0 Å². The number of allylic oxidation sites excluding steroid dienone is 1. The molecule has 0 fully saturated rings. The molecular formula is C3F2IN. The van der Waals surface area contributed by atoms with Gasteiger partial charge in [-0.25, -0.2) is 0 Å². The normalized spacial score (nSPS) is 12.3. The molecule has 0 aliphatic carbocycles. The third kappa shape index (κ3) is 2.51. The van der Waals surface area contributed by atoms with Crippen LogP contribution in [-0.4, -0.2) is 0 Å². The van der Waals surface area contributed by atoms with Crippen LogP contribution in [0.15, 0.2) is 9.66 Å². The Morgan fingerprint density at radius 3 is 2.00 bits per heavy atom. The van der Waals surface area contributed by atoms with Crippen molar-refractivity contribution in [2.24, 2.45) is 0 Å². The van der Waals surface area contributed by atoms with E-state index in [0.717, 1.165) is 28.7 Å². The largest absolute Gasteiger partial charge is 0.241 e. The van der Waals surface area contributed by atoms with Crippen LogP contribution in [0.3, 0.4) is 0 Å². The van der Waals surface area contributed by atoms with Crippen molar-refractivity contribution in [2.45, 2.75) is 0 Å². The van der Waals surface area contributed by atoms with Crippen molar-refractivity contribution >= 4 is 22.6 Å². The molecule has 0 aliphatic heterocycles. The minimum absolute atomic E-state index is 0.995. The van der Waals surface area contributed by atoms with Gasteiger partial charge in [0.05, 0.1) is 0 Å². The highest BCUT2D eigenvalue weighted by molar-refractivity contribution is 14.1. The van der Waals surface area contributed by atoms with Crippen molar-refractivity contribution in [1.29, 1.82) is 5.26 Å². The van der Waals surface area contributed by atoms with Crippen LogP contribution in [0, 0.1) is 11.3 Å². The van der Waals surface area contributed by atoms with Gasteiger partial charge in [-0.3, -0.25) is 0 Å². The molecule has 0 aromatic carbocycles. The summed E-state index contributed by atoms with van der Waals surface area (Å²) in [5.74, 6) is -1.36. The fourth-order valence-corrected chi connectivity index (χ4v) is 0.163. The summed E-state index contributed by atoms with van der Waals surface area (Å²) in [7, 11) is 0. The minimum atomic E-state index is -1.36. The van der Waals surface area contributed by atoms with Crippen LogP contribution in [0.2, 0.25) is 0 Å². The summed E-state index contributed by atoms with van der Waals surface area (Å²) < 4.78 is 21.7. The molecule has 0 spiro atoms. The Hall–Kier alpha value is -0.180. The molecule has 0 unspecified atom stereocenters. The van der Waals surface area contributed by atoms with E-state index < -0.39 is 9.66 Å². The van der Waals surface area contributed by atoms with Crippen LogP contribution in [0.1, 0.15) is 0 Å². The molecule has 4 heteroatoms. The summed E-state index contributed by atoms with van der Waals surface area (Å²) in [6.45, 7) is 0. The number of hydrogen-bond donors (Lipinski definition) is 0. The highest BCUT2D eigenvalue weighted by Gasteiger charge is 1.96. The molecule has 0 aromatic rings. The number of rotatable bonds is 0. The van der Waals surface area contributed by atoms with Crippen molar-refractivity contribution in [3.63, 3.8) is 0 Å². The van der Waals surface area contributed by atoms with E-state index in [0.29, 0.717) is 0 Å². The summed E-state index contributed by atoms with van der Waals surface area (Å²) in [5.41, 5.74) is 0. The highest BCUT2D eigenvalue weighted by Crippen LogP contribution is 2.13. The van der Waals surface area contributed by atoms with Crippen molar-refractivity contribution in [2.75, 3.05) is 0 Å². The van der Waals surface area contributed by atoms with Gasteiger partial charge in [-0.15, -0.1) is 0 Å². The maximum Gasteiger partial charge on any atom is 0.241 e. The average molecular weight is 215 g/mol. The van der Waals surface area contributed by atoms with E-state index in [9.17, 15) is 8.78 Å². The Balaban J connectivity index is 4.07. The standard InChI is InChI=1S/C3F2IN/c4-2(1-7)3(5)6. The lowest BCUT2D eigenvalue weighted by Crippen LogP contribution is -1.61. The molecule has 0 atom stereocenters. The molecule has 0 saturated heterocycles.